The van der Waals surface area contributed by atoms with E-state index in [2.05, 4.69) is 33.8 Å². The van der Waals surface area contributed by atoms with Crippen molar-refractivity contribution in [2.45, 2.75) is 33.0 Å². The molecule has 2 aromatic carbocycles. The van der Waals surface area contributed by atoms with Crippen LogP contribution in [0.25, 0.3) is 11.0 Å². The van der Waals surface area contributed by atoms with Crippen LogP contribution in [-0.4, -0.2) is 27.8 Å². The lowest BCUT2D eigenvalue weighted by Gasteiger charge is -2.17. The largest absolute Gasteiger partial charge is 0.497 e. The summed E-state index contributed by atoms with van der Waals surface area (Å²) in [5.74, 6) is 4.03. The van der Waals surface area contributed by atoms with Gasteiger partial charge in [0.1, 0.15) is 22.9 Å². The number of guanidine groups is 1. The highest BCUT2D eigenvalue weighted by Gasteiger charge is 2.14. The van der Waals surface area contributed by atoms with Crippen molar-refractivity contribution in [3.63, 3.8) is 0 Å². The maximum absolute atomic E-state index is 6.02. The normalized spacial score (nSPS) is 12.3. The number of aliphatic imine (C=N–C) groups is 1. The molecule has 1 unspecified atom stereocenters. The monoisotopic (exact) mass is 560 g/mol. The van der Waals surface area contributed by atoms with Gasteiger partial charge in [-0.2, -0.15) is 0 Å². The average molecular weight is 560 g/mol. The predicted octanol–water partition coefficient (Wildman–Crippen LogP) is 4.49. The molecular weight excluding hydrogens is 531 g/mol. The Labute approximate surface area is 210 Å². The zero-order valence-corrected chi connectivity index (χ0v) is 21.5. The van der Waals surface area contributed by atoms with Crippen molar-refractivity contribution in [1.82, 2.24) is 25.4 Å². The van der Waals surface area contributed by atoms with Crippen LogP contribution in [0.5, 0.6) is 5.75 Å². The van der Waals surface area contributed by atoms with E-state index in [1.165, 1.54) is 0 Å². The molecule has 33 heavy (non-hydrogen) atoms. The molecule has 4 aromatic rings. The van der Waals surface area contributed by atoms with Gasteiger partial charge in [0.05, 0.1) is 26.2 Å². The second-order valence-electron chi connectivity index (χ2n) is 7.64. The molecule has 0 bridgehead atoms. The Hall–Kier alpha value is -3.08. The highest BCUT2D eigenvalue weighted by Crippen LogP contribution is 2.23. The van der Waals surface area contributed by atoms with E-state index in [9.17, 15) is 0 Å². The number of fused-ring (bicyclic) bond motifs is 1. The van der Waals surface area contributed by atoms with Crippen molar-refractivity contribution < 1.29 is 9.15 Å². The van der Waals surface area contributed by atoms with Crippen molar-refractivity contribution >= 4 is 40.9 Å². The predicted molar refractivity (Wildman–Crippen MR) is 140 cm³/mol. The Morgan fingerprint density at radius 2 is 1.91 bits per heavy atom. The molecule has 0 aliphatic heterocycles. The summed E-state index contributed by atoms with van der Waals surface area (Å²) in [4.78, 5) is 4.77. The minimum Gasteiger partial charge on any atom is -0.497 e. The van der Waals surface area contributed by atoms with Crippen LogP contribution >= 0.6 is 24.0 Å². The molecule has 0 radical (unpaired) electrons. The highest BCUT2D eigenvalue weighted by atomic mass is 127. The van der Waals surface area contributed by atoms with E-state index in [-0.39, 0.29) is 30.0 Å². The van der Waals surface area contributed by atoms with E-state index < -0.39 is 0 Å². The van der Waals surface area contributed by atoms with Crippen LogP contribution in [0.15, 0.2) is 64.0 Å². The average Bonchev–Trinajstić information content (AvgIpc) is 3.39. The lowest BCUT2D eigenvalue weighted by molar-refractivity contribution is 0.414. The molecule has 174 valence electrons. The number of benzene rings is 2. The third kappa shape index (κ3) is 6.04. The van der Waals surface area contributed by atoms with Crippen molar-refractivity contribution in [3.05, 3.63) is 77.6 Å². The minimum absolute atomic E-state index is 0. The lowest BCUT2D eigenvalue weighted by atomic mass is 10.2. The molecule has 0 amide bonds. The molecule has 8 nitrogen and oxygen atoms in total. The van der Waals surface area contributed by atoms with E-state index in [0.717, 1.165) is 39.7 Å². The molecule has 0 saturated carbocycles. The third-order valence-electron chi connectivity index (χ3n) is 5.40. The van der Waals surface area contributed by atoms with Gasteiger partial charge in [0.15, 0.2) is 11.8 Å². The summed E-state index contributed by atoms with van der Waals surface area (Å²) in [6, 6.07) is 17.9. The first-order valence-corrected chi connectivity index (χ1v) is 10.5. The van der Waals surface area contributed by atoms with Crippen molar-refractivity contribution in [1.29, 1.82) is 0 Å². The highest BCUT2D eigenvalue weighted by molar-refractivity contribution is 14.0. The maximum Gasteiger partial charge on any atom is 0.192 e. The molecule has 2 N–H and O–H groups in total. The number of ether oxygens (including phenoxy) is 1. The fraction of sp³-hybridized carbons (Fsp3) is 0.292. The smallest absolute Gasteiger partial charge is 0.192 e. The number of hydrogen-bond acceptors (Lipinski definition) is 5. The fourth-order valence-electron chi connectivity index (χ4n) is 3.31. The van der Waals surface area contributed by atoms with Gasteiger partial charge in [-0.05, 0) is 43.7 Å². The first kappa shape index (κ1) is 24.6. The zero-order valence-electron chi connectivity index (χ0n) is 19.2. The van der Waals surface area contributed by atoms with Gasteiger partial charge in [-0.15, -0.1) is 34.2 Å². The number of para-hydroxylation sites is 1. The number of nitrogens with zero attached hydrogens (tertiary/aromatic N) is 4. The van der Waals surface area contributed by atoms with Crippen LogP contribution in [0.2, 0.25) is 0 Å². The first-order chi connectivity index (χ1) is 15.5. The summed E-state index contributed by atoms with van der Waals surface area (Å²) in [5.41, 5.74) is 1.95. The molecule has 9 heteroatoms. The standard InChI is InChI=1S/C24H28N6O2.HI/c1-16(22-13-19-7-5-6-8-21(19)32-22)27-24(26-15-23-29-28-17(2)30(23)3)25-14-18-9-11-20(31-4)12-10-18;/h5-13,16H,14-15H2,1-4H3,(H2,25,26,27);1H. The summed E-state index contributed by atoms with van der Waals surface area (Å²) >= 11 is 0. The fourth-order valence-corrected chi connectivity index (χ4v) is 3.31. The summed E-state index contributed by atoms with van der Waals surface area (Å²) in [7, 11) is 3.61. The van der Waals surface area contributed by atoms with E-state index in [0.29, 0.717) is 19.0 Å². The number of halogens is 1. The summed E-state index contributed by atoms with van der Waals surface area (Å²) < 4.78 is 13.2. The summed E-state index contributed by atoms with van der Waals surface area (Å²) in [6.07, 6.45) is 0. The molecule has 4 rings (SSSR count). The quantitative estimate of drug-likeness (QED) is 0.197. The molecule has 0 aliphatic rings. The van der Waals surface area contributed by atoms with Gasteiger partial charge in [-0.3, -0.25) is 0 Å². The molecule has 2 heterocycles. The molecule has 0 spiro atoms. The maximum atomic E-state index is 6.02. The third-order valence-corrected chi connectivity index (χ3v) is 5.40. The van der Waals surface area contributed by atoms with Crippen LogP contribution in [0.4, 0.5) is 0 Å². The second kappa shape index (κ2) is 11.2. The number of aromatic nitrogens is 3. The van der Waals surface area contributed by atoms with Crippen LogP contribution in [0.3, 0.4) is 0 Å². The number of hydrogen-bond donors (Lipinski definition) is 2. The van der Waals surface area contributed by atoms with Crippen LogP contribution in [0, 0.1) is 6.92 Å². The van der Waals surface area contributed by atoms with Gasteiger partial charge in [0, 0.05) is 12.4 Å². The van der Waals surface area contributed by atoms with Crippen molar-refractivity contribution in [3.8, 4) is 5.75 Å². The number of furan rings is 1. The van der Waals surface area contributed by atoms with Gasteiger partial charge < -0.3 is 24.4 Å². The summed E-state index contributed by atoms with van der Waals surface area (Å²) in [5, 5.41) is 16.2. The van der Waals surface area contributed by atoms with Gasteiger partial charge in [0.2, 0.25) is 0 Å². The number of rotatable bonds is 7. The Bertz CT molecular complexity index is 1180. The zero-order chi connectivity index (χ0) is 22.5. The Balaban J connectivity index is 0.00000306. The minimum atomic E-state index is -0.0780. The molecule has 1 atom stereocenters. The van der Waals surface area contributed by atoms with E-state index in [4.69, 9.17) is 14.1 Å². The number of nitrogens with one attached hydrogen (secondary N) is 2. The van der Waals surface area contributed by atoms with Gasteiger partial charge in [0.25, 0.3) is 0 Å². The first-order valence-electron chi connectivity index (χ1n) is 10.5. The summed E-state index contributed by atoms with van der Waals surface area (Å²) in [6.45, 7) is 4.99. The van der Waals surface area contributed by atoms with Gasteiger partial charge in [-0.25, -0.2) is 4.99 Å². The number of aryl methyl sites for hydroxylation is 1. The van der Waals surface area contributed by atoms with E-state index >= 15 is 0 Å². The SMILES string of the molecule is COc1ccc(CN=C(NCc2nnc(C)n2C)NC(C)c2cc3ccccc3o2)cc1.I. The Morgan fingerprint density at radius 3 is 2.58 bits per heavy atom. The second-order valence-corrected chi connectivity index (χ2v) is 7.64. The van der Waals surface area contributed by atoms with Crippen molar-refractivity contribution in [2.24, 2.45) is 12.0 Å². The molecular formula is C24H29IN6O2. The molecule has 0 fully saturated rings. The van der Waals surface area contributed by atoms with Crippen molar-refractivity contribution in [2.75, 3.05) is 7.11 Å². The van der Waals surface area contributed by atoms with Gasteiger partial charge >= 0.3 is 0 Å². The Kier molecular flexibility index (Phi) is 8.32. The Morgan fingerprint density at radius 1 is 1.15 bits per heavy atom. The molecule has 2 aromatic heterocycles. The van der Waals surface area contributed by atoms with E-state index in [1.54, 1.807) is 7.11 Å². The molecule has 0 aliphatic carbocycles. The topological polar surface area (TPSA) is 89.5 Å². The lowest BCUT2D eigenvalue weighted by Crippen LogP contribution is -2.38. The van der Waals surface area contributed by atoms with Crippen LogP contribution < -0.4 is 15.4 Å². The van der Waals surface area contributed by atoms with Crippen LogP contribution in [0.1, 0.15) is 35.9 Å². The van der Waals surface area contributed by atoms with Crippen LogP contribution in [-0.2, 0) is 20.1 Å². The molecule has 0 saturated heterocycles. The number of methoxy groups -OCH3 is 1. The van der Waals surface area contributed by atoms with E-state index in [1.807, 2.05) is 67.1 Å². The van der Waals surface area contributed by atoms with Gasteiger partial charge in [-0.1, -0.05) is 30.3 Å².